The van der Waals surface area contributed by atoms with E-state index in [0.29, 0.717) is 5.56 Å². The van der Waals surface area contributed by atoms with Crippen LogP contribution in [0.3, 0.4) is 0 Å². The summed E-state index contributed by atoms with van der Waals surface area (Å²) in [7, 11) is 0. The number of para-hydroxylation sites is 2. The Labute approximate surface area is 143 Å². The van der Waals surface area contributed by atoms with Gasteiger partial charge in [0.25, 0.3) is 0 Å². The molecule has 1 N–H and O–H groups in total. The molecule has 4 aromatic rings. The zero-order chi connectivity index (χ0) is 16.5. The summed E-state index contributed by atoms with van der Waals surface area (Å²) in [5.41, 5.74) is 2.30. The van der Waals surface area contributed by atoms with Gasteiger partial charge >= 0.3 is 0 Å². The molecule has 3 aromatic carbocycles. The Kier molecular flexibility index (Phi) is 3.67. The third-order valence-electron chi connectivity index (χ3n) is 3.84. The van der Waals surface area contributed by atoms with Gasteiger partial charge in [-0.2, -0.15) is 0 Å². The van der Waals surface area contributed by atoms with Crippen molar-refractivity contribution in [1.29, 1.82) is 0 Å². The van der Waals surface area contributed by atoms with E-state index in [-0.39, 0.29) is 10.9 Å². The van der Waals surface area contributed by atoms with Gasteiger partial charge in [0.1, 0.15) is 5.75 Å². The molecule has 0 radical (unpaired) electrons. The highest BCUT2D eigenvalue weighted by atomic mass is 32.2. The van der Waals surface area contributed by atoms with Gasteiger partial charge in [-0.25, -0.2) is 4.98 Å². The molecule has 0 amide bonds. The fraction of sp³-hybridized carbons (Fsp3) is 0. The first-order chi connectivity index (χ1) is 11.7. The zero-order valence-electron chi connectivity index (χ0n) is 12.6. The fourth-order valence-corrected chi connectivity index (χ4v) is 3.54. The molecule has 0 bridgehead atoms. The van der Waals surface area contributed by atoms with E-state index < -0.39 is 0 Å². The number of hydrogen-bond acceptors (Lipinski definition) is 4. The molecule has 0 aliphatic carbocycles. The molecular weight excluding hydrogens is 318 g/mol. The Morgan fingerprint density at radius 2 is 1.33 bits per heavy atom. The van der Waals surface area contributed by atoms with E-state index in [1.54, 1.807) is 24.3 Å². The van der Waals surface area contributed by atoms with Crippen molar-refractivity contribution in [3.05, 3.63) is 78.4 Å². The number of thioether (sulfide) groups is 1. The van der Waals surface area contributed by atoms with E-state index in [0.717, 1.165) is 38.5 Å². The molecule has 0 unspecified atom stereocenters. The molecule has 24 heavy (non-hydrogen) atoms. The lowest BCUT2D eigenvalue weighted by atomic mass is 10.0. The molecule has 0 aliphatic rings. The second-order valence-electron chi connectivity index (χ2n) is 5.40. The van der Waals surface area contributed by atoms with Crippen molar-refractivity contribution < 1.29 is 9.90 Å². The summed E-state index contributed by atoms with van der Waals surface area (Å²) < 4.78 is 0. The summed E-state index contributed by atoms with van der Waals surface area (Å²) in [6.45, 7) is 0. The van der Waals surface area contributed by atoms with Crippen LogP contribution >= 0.6 is 11.8 Å². The minimum absolute atomic E-state index is 0.0320. The predicted molar refractivity (Wildman–Crippen MR) is 97.5 cm³/mol. The van der Waals surface area contributed by atoms with E-state index in [1.165, 1.54) is 0 Å². The molecule has 3 nitrogen and oxygen atoms in total. The van der Waals surface area contributed by atoms with E-state index in [1.807, 2.05) is 48.5 Å². The van der Waals surface area contributed by atoms with E-state index in [9.17, 15) is 9.90 Å². The fourth-order valence-electron chi connectivity index (χ4n) is 2.73. The largest absolute Gasteiger partial charge is 0.508 e. The standard InChI is InChI=1S/C20H13NO2S/c22-13-9-11-14(12-10-13)24-20(23)19-15-5-1-3-7-17(15)21-18-8-4-2-6-16(18)19/h1-12,22H. The molecule has 0 saturated heterocycles. The zero-order valence-corrected chi connectivity index (χ0v) is 13.5. The summed E-state index contributed by atoms with van der Waals surface area (Å²) >= 11 is 1.16. The summed E-state index contributed by atoms with van der Waals surface area (Å²) in [5.74, 6) is 0.187. The number of phenolic OH excluding ortho intramolecular Hbond substituents is 1. The molecular formula is C20H13NO2S. The summed E-state index contributed by atoms with van der Waals surface area (Å²) in [4.78, 5) is 18.4. The predicted octanol–water partition coefficient (Wildman–Crippen LogP) is 5.03. The van der Waals surface area contributed by atoms with Gasteiger partial charge in [0.05, 0.1) is 11.0 Å². The summed E-state index contributed by atoms with van der Waals surface area (Å²) in [6.07, 6.45) is 0. The number of pyridine rings is 1. The monoisotopic (exact) mass is 331 g/mol. The van der Waals surface area contributed by atoms with Crippen molar-refractivity contribution in [3.63, 3.8) is 0 Å². The maximum absolute atomic E-state index is 13.0. The van der Waals surface area contributed by atoms with Crippen LogP contribution in [0.25, 0.3) is 21.8 Å². The molecule has 4 heteroatoms. The quantitative estimate of drug-likeness (QED) is 0.413. The number of nitrogens with zero attached hydrogens (tertiary/aromatic N) is 1. The van der Waals surface area contributed by atoms with Crippen LogP contribution in [0.15, 0.2) is 77.7 Å². The van der Waals surface area contributed by atoms with Gasteiger partial charge in [-0.15, -0.1) is 0 Å². The Balaban J connectivity index is 1.89. The third kappa shape index (κ3) is 2.61. The topological polar surface area (TPSA) is 50.2 Å². The second-order valence-corrected chi connectivity index (χ2v) is 6.45. The summed E-state index contributed by atoms with van der Waals surface area (Å²) in [5, 5.41) is 11.1. The lowest BCUT2D eigenvalue weighted by molar-refractivity contribution is 0.109. The number of rotatable bonds is 2. The lowest BCUT2D eigenvalue weighted by Crippen LogP contribution is -1.98. The average Bonchev–Trinajstić information content (AvgIpc) is 2.61. The van der Waals surface area contributed by atoms with Crippen LogP contribution in [0.4, 0.5) is 0 Å². The number of fused-ring (bicyclic) bond motifs is 2. The van der Waals surface area contributed by atoms with Crippen molar-refractivity contribution in [2.24, 2.45) is 0 Å². The van der Waals surface area contributed by atoms with Gasteiger partial charge in [-0.05, 0) is 48.2 Å². The first-order valence-electron chi connectivity index (χ1n) is 7.51. The lowest BCUT2D eigenvalue weighted by Gasteiger charge is -2.09. The highest BCUT2D eigenvalue weighted by molar-refractivity contribution is 8.14. The normalized spacial score (nSPS) is 11.0. The van der Waals surface area contributed by atoms with E-state index in [2.05, 4.69) is 4.98 Å². The average molecular weight is 331 g/mol. The number of carbonyl (C=O) groups is 1. The van der Waals surface area contributed by atoms with Crippen LogP contribution < -0.4 is 0 Å². The molecule has 0 fully saturated rings. The number of carbonyl (C=O) groups excluding carboxylic acids is 1. The first kappa shape index (κ1) is 14.7. The Morgan fingerprint density at radius 3 is 1.92 bits per heavy atom. The minimum atomic E-state index is -0.0320. The van der Waals surface area contributed by atoms with Crippen molar-refractivity contribution >= 4 is 38.7 Å². The Hall–Kier alpha value is -2.85. The van der Waals surface area contributed by atoms with Crippen LogP contribution in [0.1, 0.15) is 10.4 Å². The molecule has 4 rings (SSSR count). The number of hydrogen-bond donors (Lipinski definition) is 1. The SMILES string of the molecule is O=C(Sc1ccc(O)cc1)c1c2ccccc2nc2ccccc12. The van der Waals surface area contributed by atoms with Crippen LogP contribution in [0, 0.1) is 0 Å². The van der Waals surface area contributed by atoms with Gasteiger partial charge < -0.3 is 5.11 Å². The molecule has 116 valence electrons. The maximum Gasteiger partial charge on any atom is 0.225 e. The highest BCUT2D eigenvalue weighted by Crippen LogP contribution is 2.32. The van der Waals surface area contributed by atoms with Gasteiger partial charge in [0, 0.05) is 21.2 Å². The Bertz CT molecular complexity index is 1000. The van der Waals surface area contributed by atoms with E-state index >= 15 is 0 Å². The van der Waals surface area contributed by atoms with Crippen molar-refractivity contribution in [3.8, 4) is 5.75 Å². The van der Waals surface area contributed by atoms with Crippen molar-refractivity contribution in [2.45, 2.75) is 4.90 Å². The van der Waals surface area contributed by atoms with Crippen molar-refractivity contribution in [2.75, 3.05) is 0 Å². The second kappa shape index (κ2) is 5.98. The van der Waals surface area contributed by atoms with Crippen LogP contribution in [-0.4, -0.2) is 15.2 Å². The van der Waals surface area contributed by atoms with Crippen LogP contribution in [0.5, 0.6) is 5.75 Å². The molecule has 0 spiro atoms. The van der Waals surface area contributed by atoms with Gasteiger partial charge in [-0.3, -0.25) is 4.79 Å². The van der Waals surface area contributed by atoms with Crippen LogP contribution in [0.2, 0.25) is 0 Å². The highest BCUT2D eigenvalue weighted by Gasteiger charge is 2.17. The van der Waals surface area contributed by atoms with Gasteiger partial charge in [0.15, 0.2) is 0 Å². The van der Waals surface area contributed by atoms with Gasteiger partial charge in [-0.1, -0.05) is 36.4 Å². The number of benzene rings is 3. The van der Waals surface area contributed by atoms with Crippen molar-refractivity contribution in [1.82, 2.24) is 4.98 Å². The smallest absolute Gasteiger partial charge is 0.225 e. The van der Waals surface area contributed by atoms with E-state index in [4.69, 9.17) is 0 Å². The molecule has 1 aromatic heterocycles. The minimum Gasteiger partial charge on any atom is -0.508 e. The number of aromatic hydroxyl groups is 1. The number of aromatic nitrogens is 1. The molecule has 0 aliphatic heterocycles. The molecule has 1 heterocycles. The molecule has 0 atom stereocenters. The van der Waals surface area contributed by atoms with Gasteiger partial charge in [0.2, 0.25) is 5.12 Å². The Morgan fingerprint density at radius 1 is 0.792 bits per heavy atom. The van der Waals surface area contributed by atoms with Crippen LogP contribution in [-0.2, 0) is 0 Å². The number of phenols is 1. The maximum atomic E-state index is 13.0. The summed E-state index contributed by atoms with van der Waals surface area (Å²) in [6, 6.07) is 22.0. The first-order valence-corrected chi connectivity index (χ1v) is 8.33. The third-order valence-corrected chi connectivity index (χ3v) is 4.74. The molecule has 0 saturated carbocycles.